The molecule has 0 bridgehead atoms. The molecule has 2 aliphatic rings. The Balaban J connectivity index is 0.00000176. The highest BCUT2D eigenvalue weighted by Gasteiger charge is 2.46. The summed E-state index contributed by atoms with van der Waals surface area (Å²) in [6.45, 7) is 3.67. The average Bonchev–Trinajstić information content (AvgIpc) is 2.46. The molecule has 0 aromatic carbocycles. The van der Waals surface area contributed by atoms with Gasteiger partial charge in [-0.1, -0.05) is 0 Å². The van der Waals surface area contributed by atoms with Crippen molar-refractivity contribution in [2.45, 2.75) is 24.8 Å². The maximum atomic E-state index is 12.7. The van der Waals surface area contributed by atoms with E-state index in [-0.39, 0.29) is 36.8 Å². The lowest BCUT2D eigenvalue weighted by Gasteiger charge is -2.35. The number of hydrogen-bond acceptors (Lipinski definition) is 4. The second-order valence-electron chi connectivity index (χ2n) is 5.57. The third kappa shape index (κ3) is 3.84. The fourth-order valence-corrected chi connectivity index (χ4v) is 2.65. The molecule has 0 spiro atoms. The second-order valence-corrected chi connectivity index (χ2v) is 5.57. The van der Waals surface area contributed by atoms with Crippen LogP contribution in [0.1, 0.15) is 23.3 Å². The molecule has 2 N–H and O–H groups in total. The molecule has 0 radical (unpaired) electrons. The molecule has 2 fully saturated rings. The Bertz CT molecular complexity index is 512. The summed E-state index contributed by atoms with van der Waals surface area (Å²) >= 11 is 0. The summed E-state index contributed by atoms with van der Waals surface area (Å²) in [6.07, 6.45) is 1.10. The van der Waals surface area contributed by atoms with Gasteiger partial charge in [-0.15, -0.1) is 12.4 Å². The Kier molecular flexibility index (Phi) is 5.18. The van der Waals surface area contributed by atoms with Gasteiger partial charge in [-0.2, -0.15) is 0 Å². The van der Waals surface area contributed by atoms with Crippen LogP contribution in [0.5, 0.6) is 0 Å². The third-order valence-corrected chi connectivity index (χ3v) is 3.89. The highest BCUT2D eigenvalue weighted by atomic mass is 35.5. The van der Waals surface area contributed by atoms with Crippen molar-refractivity contribution in [3.8, 4) is 0 Å². The van der Waals surface area contributed by atoms with Gasteiger partial charge in [0.2, 0.25) is 0 Å². The molecular formula is C14H19ClF2N4O. The summed E-state index contributed by atoms with van der Waals surface area (Å²) in [6, 6.07) is 3.05. The first-order valence-corrected chi connectivity index (χ1v) is 7.14. The first kappa shape index (κ1) is 16.9. The lowest BCUT2D eigenvalue weighted by atomic mass is 9.88. The summed E-state index contributed by atoms with van der Waals surface area (Å²) in [5.41, 5.74) is 1.24. The zero-order chi connectivity index (χ0) is 14.9. The van der Waals surface area contributed by atoms with E-state index < -0.39 is 12.0 Å². The van der Waals surface area contributed by atoms with Gasteiger partial charge in [-0.25, -0.2) is 13.8 Å². The number of nitrogens with zero attached hydrogens (tertiary/aromatic N) is 2. The zero-order valence-corrected chi connectivity index (χ0v) is 12.8. The number of amides is 1. The molecule has 1 aromatic heterocycles. The highest BCUT2D eigenvalue weighted by molar-refractivity contribution is 5.92. The molecule has 0 unspecified atom stereocenters. The van der Waals surface area contributed by atoms with Gasteiger partial charge in [0.05, 0.1) is 11.9 Å². The number of pyridine rings is 1. The van der Waals surface area contributed by atoms with Crippen LogP contribution in [-0.4, -0.2) is 49.0 Å². The van der Waals surface area contributed by atoms with Gasteiger partial charge < -0.3 is 15.5 Å². The Hall–Kier alpha value is -1.47. The molecular weight excluding hydrogens is 314 g/mol. The van der Waals surface area contributed by atoms with Crippen LogP contribution in [-0.2, 0) is 0 Å². The summed E-state index contributed by atoms with van der Waals surface area (Å²) in [5.74, 6) is -3.01. The van der Waals surface area contributed by atoms with Crippen molar-refractivity contribution in [3.05, 3.63) is 24.0 Å². The van der Waals surface area contributed by atoms with E-state index in [1.165, 1.54) is 0 Å². The molecule has 1 saturated heterocycles. The predicted octanol–water partition coefficient (Wildman–Crippen LogP) is 1.44. The summed E-state index contributed by atoms with van der Waals surface area (Å²) in [7, 11) is 0. The lowest BCUT2D eigenvalue weighted by molar-refractivity contribution is -0.0901. The maximum absolute atomic E-state index is 12.7. The number of anilines is 1. The molecule has 22 heavy (non-hydrogen) atoms. The fourth-order valence-electron chi connectivity index (χ4n) is 2.65. The standard InChI is InChI=1S/C14H18F2N4O.ClH/c15-14(16)7-10(8-14)19-13(21)12-2-1-11(9-18-12)20-5-3-17-4-6-20;/h1-2,9-10,17H,3-8H2,(H,19,21);1H. The normalized spacial score (nSPS) is 20.7. The molecule has 1 aliphatic heterocycles. The quantitative estimate of drug-likeness (QED) is 0.879. The minimum absolute atomic E-state index is 0. The van der Waals surface area contributed by atoms with E-state index in [1.54, 1.807) is 12.3 Å². The highest BCUT2D eigenvalue weighted by Crippen LogP contribution is 2.37. The van der Waals surface area contributed by atoms with Crippen LogP contribution < -0.4 is 15.5 Å². The monoisotopic (exact) mass is 332 g/mol. The van der Waals surface area contributed by atoms with Gasteiger partial charge in [0.1, 0.15) is 5.69 Å². The first-order valence-electron chi connectivity index (χ1n) is 7.14. The fraction of sp³-hybridized carbons (Fsp3) is 0.571. The summed E-state index contributed by atoms with van der Waals surface area (Å²) < 4.78 is 25.4. The van der Waals surface area contributed by atoms with Gasteiger partial charge in [0, 0.05) is 45.1 Å². The largest absolute Gasteiger partial charge is 0.368 e. The van der Waals surface area contributed by atoms with Crippen LogP contribution in [0.3, 0.4) is 0 Å². The molecule has 1 aromatic rings. The SMILES string of the molecule is Cl.O=C(NC1CC(F)(F)C1)c1ccc(N2CCNCC2)cn1. The zero-order valence-electron chi connectivity index (χ0n) is 12.0. The van der Waals surface area contributed by atoms with E-state index in [0.717, 1.165) is 31.9 Å². The maximum Gasteiger partial charge on any atom is 0.270 e. The van der Waals surface area contributed by atoms with Crippen LogP contribution in [0.25, 0.3) is 0 Å². The van der Waals surface area contributed by atoms with Crippen molar-refractivity contribution in [1.29, 1.82) is 0 Å². The second kappa shape index (κ2) is 6.75. The van der Waals surface area contributed by atoms with Crippen LogP contribution in [0, 0.1) is 0 Å². The van der Waals surface area contributed by atoms with Crippen molar-refractivity contribution in [2.24, 2.45) is 0 Å². The lowest BCUT2D eigenvalue weighted by Crippen LogP contribution is -2.50. The van der Waals surface area contributed by atoms with Crippen LogP contribution in [0.15, 0.2) is 18.3 Å². The number of alkyl halides is 2. The number of carbonyl (C=O) groups excluding carboxylic acids is 1. The van der Waals surface area contributed by atoms with Crippen LogP contribution >= 0.6 is 12.4 Å². The van der Waals surface area contributed by atoms with Crippen molar-refractivity contribution >= 4 is 24.0 Å². The number of halogens is 3. The third-order valence-electron chi connectivity index (χ3n) is 3.89. The Morgan fingerprint density at radius 3 is 2.55 bits per heavy atom. The molecule has 8 heteroatoms. The molecule has 3 rings (SSSR count). The Morgan fingerprint density at radius 1 is 1.32 bits per heavy atom. The van der Waals surface area contributed by atoms with E-state index in [2.05, 4.69) is 20.5 Å². The topological polar surface area (TPSA) is 57.3 Å². The molecule has 1 saturated carbocycles. The molecule has 5 nitrogen and oxygen atoms in total. The minimum atomic E-state index is -2.63. The molecule has 2 heterocycles. The first-order chi connectivity index (χ1) is 10.0. The van der Waals surface area contributed by atoms with E-state index in [0.29, 0.717) is 0 Å². The van der Waals surface area contributed by atoms with Crippen LogP contribution in [0.4, 0.5) is 14.5 Å². The number of hydrogen-bond donors (Lipinski definition) is 2. The van der Waals surface area contributed by atoms with Crippen molar-refractivity contribution in [2.75, 3.05) is 31.1 Å². The number of carbonyl (C=O) groups is 1. The number of nitrogens with one attached hydrogen (secondary N) is 2. The number of aromatic nitrogens is 1. The van der Waals surface area contributed by atoms with Crippen molar-refractivity contribution in [1.82, 2.24) is 15.6 Å². The van der Waals surface area contributed by atoms with E-state index >= 15 is 0 Å². The van der Waals surface area contributed by atoms with Gasteiger partial charge in [-0.05, 0) is 12.1 Å². The van der Waals surface area contributed by atoms with E-state index in [4.69, 9.17) is 0 Å². The van der Waals surface area contributed by atoms with Crippen LogP contribution in [0.2, 0.25) is 0 Å². The van der Waals surface area contributed by atoms with Gasteiger partial charge in [0.25, 0.3) is 11.8 Å². The van der Waals surface area contributed by atoms with E-state index in [1.807, 2.05) is 6.07 Å². The predicted molar refractivity (Wildman–Crippen MR) is 82.0 cm³/mol. The Morgan fingerprint density at radius 2 is 2.00 bits per heavy atom. The summed E-state index contributed by atoms with van der Waals surface area (Å²) in [5, 5.41) is 5.85. The number of rotatable bonds is 3. The molecule has 1 aliphatic carbocycles. The Labute approximate surface area is 133 Å². The number of piperazine rings is 1. The van der Waals surface area contributed by atoms with Gasteiger partial charge >= 0.3 is 0 Å². The summed E-state index contributed by atoms with van der Waals surface area (Å²) in [4.78, 5) is 18.2. The smallest absolute Gasteiger partial charge is 0.270 e. The van der Waals surface area contributed by atoms with Crippen molar-refractivity contribution in [3.63, 3.8) is 0 Å². The van der Waals surface area contributed by atoms with Gasteiger partial charge in [0.15, 0.2) is 0 Å². The van der Waals surface area contributed by atoms with E-state index in [9.17, 15) is 13.6 Å². The molecule has 0 atom stereocenters. The minimum Gasteiger partial charge on any atom is -0.368 e. The average molecular weight is 333 g/mol. The molecule has 1 amide bonds. The van der Waals surface area contributed by atoms with Crippen molar-refractivity contribution < 1.29 is 13.6 Å². The molecule has 122 valence electrons. The van der Waals surface area contributed by atoms with Gasteiger partial charge in [-0.3, -0.25) is 4.79 Å².